The summed E-state index contributed by atoms with van der Waals surface area (Å²) in [4.78, 5) is 16.4. The molecular formula is C16H23N3O3. The van der Waals surface area contributed by atoms with Crippen molar-refractivity contribution in [1.29, 1.82) is 0 Å². The van der Waals surface area contributed by atoms with Gasteiger partial charge in [0.25, 0.3) is 5.91 Å². The summed E-state index contributed by atoms with van der Waals surface area (Å²) in [7, 11) is 0. The summed E-state index contributed by atoms with van der Waals surface area (Å²) in [6.45, 7) is 1.95. The summed E-state index contributed by atoms with van der Waals surface area (Å²) in [5.74, 6) is 0.637. The fraction of sp³-hybridized carbons (Fsp3) is 0.625. The molecule has 1 atom stereocenters. The van der Waals surface area contributed by atoms with E-state index in [9.17, 15) is 15.0 Å². The van der Waals surface area contributed by atoms with Gasteiger partial charge in [-0.15, -0.1) is 0 Å². The van der Waals surface area contributed by atoms with Crippen LogP contribution >= 0.6 is 0 Å². The van der Waals surface area contributed by atoms with Gasteiger partial charge in [0.15, 0.2) is 0 Å². The predicted octanol–water partition coefficient (Wildman–Crippen LogP) is 0.656. The van der Waals surface area contributed by atoms with E-state index in [0.717, 1.165) is 38.8 Å². The Hall–Kier alpha value is -1.66. The van der Waals surface area contributed by atoms with Crippen LogP contribution in [0.2, 0.25) is 0 Å². The SMILES string of the molecule is O=C(N[C@H](C1CCNCC1)C1CC(O)C1)c1ccc(O)cn1. The average Bonchev–Trinajstić information content (AvgIpc) is 2.51. The number of aromatic hydroxyl groups is 1. The maximum absolute atomic E-state index is 12.4. The third-order valence-corrected chi connectivity index (χ3v) is 4.83. The number of nitrogens with one attached hydrogen (secondary N) is 2. The quantitative estimate of drug-likeness (QED) is 0.655. The Kier molecular flexibility index (Phi) is 4.59. The summed E-state index contributed by atoms with van der Waals surface area (Å²) >= 11 is 0. The molecule has 0 spiro atoms. The fourth-order valence-corrected chi connectivity index (χ4v) is 3.49. The van der Waals surface area contributed by atoms with Crippen molar-refractivity contribution in [3.05, 3.63) is 24.0 Å². The van der Waals surface area contributed by atoms with Crippen LogP contribution in [0.3, 0.4) is 0 Å². The number of hydrogen-bond acceptors (Lipinski definition) is 5. The molecule has 120 valence electrons. The lowest BCUT2D eigenvalue weighted by atomic mass is 9.71. The van der Waals surface area contributed by atoms with Crippen molar-refractivity contribution < 1.29 is 15.0 Å². The third-order valence-electron chi connectivity index (χ3n) is 4.83. The van der Waals surface area contributed by atoms with E-state index >= 15 is 0 Å². The molecule has 0 unspecified atom stereocenters. The smallest absolute Gasteiger partial charge is 0.270 e. The Balaban J connectivity index is 1.68. The van der Waals surface area contributed by atoms with Gasteiger partial charge in [-0.1, -0.05) is 0 Å². The lowest BCUT2D eigenvalue weighted by Gasteiger charge is -2.43. The van der Waals surface area contributed by atoms with Crippen molar-refractivity contribution in [2.24, 2.45) is 11.8 Å². The number of carbonyl (C=O) groups excluding carboxylic acids is 1. The largest absolute Gasteiger partial charge is 0.506 e. The first kappa shape index (κ1) is 15.2. The van der Waals surface area contributed by atoms with Crippen LogP contribution in [0.25, 0.3) is 0 Å². The predicted molar refractivity (Wildman–Crippen MR) is 81.5 cm³/mol. The summed E-state index contributed by atoms with van der Waals surface area (Å²) in [6, 6.07) is 3.09. The number of hydrogen-bond donors (Lipinski definition) is 4. The van der Waals surface area contributed by atoms with Crippen LogP contribution in [0.4, 0.5) is 0 Å². The Morgan fingerprint density at radius 3 is 2.59 bits per heavy atom. The molecule has 0 radical (unpaired) electrons. The van der Waals surface area contributed by atoms with Gasteiger partial charge in [0.05, 0.1) is 12.3 Å². The Morgan fingerprint density at radius 1 is 1.27 bits per heavy atom. The number of aromatic nitrogens is 1. The first-order valence-electron chi connectivity index (χ1n) is 7.98. The second-order valence-electron chi connectivity index (χ2n) is 6.37. The number of amides is 1. The van der Waals surface area contributed by atoms with Crippen molar-refractivity contribution in [2.75, 3.05) is 13.1 Å². The highest BCUT2D eigenvalue weighted by Gasteiger charge is 2.39. The Labute approximate surface area is 130 Å². The van der Waals surface area contributed by atoms with E-state index in [1.165, 1.54) is 18.3 Å². The van der Waals surface area contributed by atoms with E-state index in [1.54, 1.807) is 0 Å². The summed E-state index contributed by atoms with van der Waals surface area (Å²) in [5.41, 5.74) is 0.316. The lowest BCUT2D eigenvalue weighted by Crippen LogP contribution is -2.53. The lowest BCUT2D eigenvalue weighted by molar-refractivity contribution is 0.00913. The zero-order valence-corrected chi connectivity index (χ0v) is 12.5. The number of nitrogens with zero attached hydrogens (tertiary/aromatic N) is 1. The number of carbonyl (C=O) groups is 1. The van der Waals surface area contributed by atoms with Crippen LogP contribution in [-0.4, -0.2) is 46.3 Å². The van der Waals surface area contributed by atoms with E-state index < -0.39 is 0 Å². The van der Waals surface area contributed by atoms with E-state index in [4.69, 9.17) is 0 Å². The van der Waals surface area contributed by atoms with Crippen molar-refractivity contribution in [3.63, 3.8) is 0 Å². The molecule has 1 aliphatic carbocycles. The van der Waals surface area contributed by atoms with Crippen LogP contribution in [0, 0.1) is 11.8 Å². The van der Waals surface area contributed by atoms with E-state index in [-0.39, 0.29) is 23.8 Å². The number of aliphatic hydroxyl groups excluding tert-OH is 1. The molecule has 6 heteroatoms. The van der Waals surface area contributed by atoms with Crippen molar-refractivity contribution in [3.8, 4) is 5.75 Å². The maximum atomic E-state index is 12.4. The second-order valence-corrected chi connectivity index (χ2v) is 6.37. The van der Waals surface area contributed by atoms with Crippen LogP contribution in [0.1, 0.15) is 36.2 Å². The van der Waals surface area contributed by atoms with Crippen LogP contribution in [-0.2, 0) is 0 Å². The van der Waals surface area contributed by atoms with Gasteiger partial charge < -0.3 is 20.8 Å². The fourth-order valence-electron chi connectivity index (χ4n) is 3.49. The van der Waals surface area contributed by atoms with Gasteiger partial charge in [-0.25, -0.2) is 4.98 Å². The van der Waals surface area contributed by atoms with Gasteiger partial charge in [-0.2, -0.15) is 0 Å². The molecule has 1 saturated heterocycles. The summed E-state index contributed by atoms with van der Waals surface area (Å²) in [6.07, 6.45) is 4.66. The van der Waals surface area contributed by atoms with Gasteiger partial charge in [0, 0.05) is 6.04 Å². The highest BCUT2D eigenvalue weighted by molar-refractivity contribution is 5.92. The zero-order chi connectivity index (χ0) is 15.5. The molecule has 22 heavy (non-hydrogen) atoms. The van der Waals surface area contributed by atoms with E-state index in [2.05, 4.69) is 15.6 Å². The molecular weight excluding hydrogens is 282 g/mol. The topological polar surface area (TPSA) is 94.5 Å². The molecule has 0 aromatic carbocycles. The Morgan fingerprint density at radius 2 is 2.00 bits per heavy atom. The van der Waals surface area contributed by atoms with E-state index in [0.29, 0.717) is 17.5 Å². The highest BCUT2D eigenvalue weighted by Crippen LogP contribution is 2.35. The molecule has 2 aliphatic rings. The minimum Gasteiger partial charge on any atom is -0.506 e. The first-order valence-corrected chi connectivity index (χ1v) is 7.98. The maximum Gasteiger partial charge on any atom is 0.270 e. The first-order chi connectivity index (χ1) is 10.6. The molecule has 1 aliphatic heterocycles. The molecule has 2 heterocycles. The van der Waals surface area contributed by atoms with Crippen molar-refractivity contribution in [1.82, 2.24) is 15.6 Å². The number of aliphatic hydroxyl groups is 1. The van der Waals surface area contributed by atoms with Crippen LogP contribution in [0.5, 0.6) is 5.75 Å². The molecule has 4 N–H and O–H groups in total. The van der Waals surface area contributed by atoms with Gasteiger partial charge >= 0.3 is 0 Å². The number of pyridine rings is 1. The third kappa shape index (κ3) is 3.39. The molecule has 1 aromatic heterocycles. The van der Waals surface area contributed by atoms with Gasteiger partial charge in [0.1, 0.15) is 11.4 Å². The molecule has 0 bridgehead atoms. The standard InChI is InChI=1S/C16H23N3O3/c20-12-1-2-14(18-9-12)16(22)19-15(11-7-13(21)8-11)10-3-5-17-6-4-10/h1-2,9-11,13,15,17,20-21H,3-8H2,(H,19,22)/t11?,13?,15-/m1/s1. The molecule has 1 amide bonds. The molecule has 1 aromatic rings. The van der Waals surface area contributed by atoms with Crippen molar-refractivity contribution >= 4 is 5.91 Å². The summed E-state index contributed by atoms with van der Waals surface area (Å²) < 4.78 is 0. The molecule has 3 rings (SSSR count). The average molecular weight is 305 g/mol. The molecule has 1 saturated carbocycles. The number of rotatable bonds is 4. The highest BCUT2D eigenvalue weighted by atomic mass is 16.3. The van der Waals surface area contributed by atoms with E-state index in [1.807, 2.05) is 0 Å². The summed E-state index contributed by atoms with van der Waals surface area (Å²) in [5, 5.41) is 25.3. The Bertz CT molecular complexity index is 508. The van der Waals surface area contributed by atoms with Crippen molar-refractivity contribution in [2.45, 2.75) is 37.8 Å². The second kappa shape index (κ2) is 6.62. The van der Waals surface area contributed by atoms with Crippen LogP contribution in [0.15, 0.2) is 18.3 Å². The normalized spacial score (nSPS) is 27.0. The van der Waals surface area contributed by atoms with Gasteiger partial charge in [-0.05, 0) is 62.7 Å². The van der Waals surface area contributed by atoms with Gasteiger partial charge in [-0.3, -0.25) is 4.79 Å². The van der Waals surface area contributed by atoms with Gasteiger partial charge in [0.2, 0.25) is 0 Å². The molecule has 6 nitrogen and oxygen atoms in total. The minimum atomic E-state index is -0.224. The molecule has 2 fully saturated rings. The zero-order valence-electron chi connectivity index (χ0n) is 12.5. The van der Waals surface area contributed by atoms with Crippen LogP contribution < -0.4 is 10.6 Å². The minimum absolute atomic E-state index is 0.0496. The monoisotopic (exact) mass is 305 g/mol. The number of piperidine rings is 1.